The van der Waals surface area contributed by atoms with E-state index in [9.17, 15) is 14.7 Å². The Morgan fingerprint density at radius 1 is 0.800 bits per heavy atom. The molecule has 0 aromatic heterocycles. The van der Waals surface area contributed by atoms with Crippen molar-refractivity contribution in [2.75, 3.05) is 13.1 Å². The molecule has 142 valence electrons. The number of hydrogen-bond donors (Lipinski definition) is 0. The van der Waals surface area contributed by atoms with Crippen LogP contribution in [0.1, 0.15) is 98.3 Å². The molecule has 0 radical (unpaired) electrons. The predicted molar refractivity (Wildman–Crippen MR) is 97.5 cm³/mol. The minimum atomic E-state index is -1.38. The molecule has 0 N–H and O–H groups in total. The first kappa shape index (κ1) is 27.2. The van der Waals surface area contributed by atoms with Crippen LogP contribution in [0.25, 0.3) is 0 Å². The van der Waals surface area contributed by atoms with Crippen molar-refractivity contribution >= 4 is 11.9 Å². The second kappa shape index (κ2) is 16.1. The van der Waals surface area contributed by atoms with Crippen LogP contribution in [0.4, 0.5) is 0 Å². The summed E-state index contributed by atoms with van der Waals surface area (Å²) in [6.45, 7) is 8.57. The fourth-order valence-corrected chi connectivity index (χ4v) is 3.12. The van der Waals surface area contributed by atoms with E-state index in [1.54, 1.807) is 4.90 Å². The third kappa shape index (κ3) is 10.6. The van der Waals surface area contributed by atoms with E-state index in [0.29, 0.717) is 19.5 Å². The van der Waals surface area contributed by atoms with Crippen molar-refractivity contribution in [3.05, 3.63) is 0 Å². The van der Waals surface area contributed by atoms with Crippen molar-refractivity contribution in [3.8, 4) is 0 Å². The van der Waals surface area contributed by atoms with Gasteiger partial charge < -0.3 is 14.8 Å². The van der Waals surface area contributed by atoms with Gasteiger partial charge in [0.2, 0.25) is 5.91 Å². The molecule has 0 rings (SSSR count). The molecule has 0 fully saturated rings. The SMILES string of the molecule is CCCCCCCCCCCCC(C)(C(=O)[O-])C(=O)N(CC)CC.[Na+]. The Hall–Kier alpha value is -0.0600. The molecule has 0 aromatic rings. The number of rotatable bonds is 15. The first-order chi connectivity index (χ1) is 11.4. The third-order valence-corrected chi connectivity index (χ3v) is 5.00. The number of nitrogens with zero attached hydrogens (tertiary/aromatic N) is 1. The number of aliphatic carboxylic acids is 1. The number of carboxylic acid groups (broad SMARTS) is 1. The molecule has 0 heterocycles. The van der Waals surface area contributed by atoms with Gasteiger partial charge in [-0.1, -0.05) is 71.1 Å². The van der Waals surface area contributed by atoms with Gasteiger partial charge in [-0.25, -0.2) is 0 Å². The molecule has 0 bridgehead atoms. The van der Waals surface area contributed by atoms with Crippen LogP contribution < -0.4 is 34.7 Å². The average molecular weight is 364 g/mol. The molecular formula is C20H38NNaO3. The van der Waals surface area contributed by atoms with Gasteiger partial charge in [-0.2, -0.15) is 0 Å². The topological polar surface area (TPSA) is 60.4 Å². The third-order valence-electron chi connectivity index (χ3n) is 5.00. The molecule has 0 aliphatic rings. The van der Waals surface area contributed by atoms with E-state index in [0.717, 1.165) is 19.3 Å². The number of hydrogen-bond acceptors (Lipinski definition) is 3. The molecule has 0 spiro atoms. The molecule has 25 heavy (non-hydrogen) atoms. The van der Waals surface area contributed by atoms with Gasteiger partial charge in [0, 0.05) is 13.1 Å². The minimum Gasteiger partial charge on any atom is -0.549 e. The Morgan fingerprint density at radius 2 is 1.20 bits per heavy atom. The summed E-state index contributed by atoms with van der Waals surface area (Å²) in [5, 5.41) is 11.5. The van der Waals surface area contributed by atoms with Crippen molar-refractivity contribution in [1.82, 2.24) is 4.90 Å². The van der Waals surface area contributed by atoms with E-state index < -0.39 is 11.4 Å². The Labute approximate surface area is 177 Å². The standard InChI is InChI=1S/C20H39NO3.Na/c1-5-8-9-10-11-12-13-14-15-16-17-20(4,19(23)24)18(22)21(6-2)7-3;/h5-17H2,1-4H3,(H,23,24);/q;+1/p-1. The average Bonchev–Trinajstić information content (AvgIpc) is 2.57. The van der Waals surface area contributed by atoms with Crippen LogP contribution in [0.5, 0.6) is 0 Å². The van der Waals surface area contributed by atoms with Crippen LogP contribution >= 0.6 is 0 Å². The summed E-state index contributed by atoms with van der Waals surface area (Å²) in [5.41, 5.74) is -1.38. The van der Waals surface area contributed by atoms with Gasteiger partial charge in [-0.05, 0) is 27.2 Å². The number of carbonyl (C=O) groups is 2. The Morgan fingerprint density at radius 3 is 1.56 bits per heavy atom. The summed E-state index contributed by atoms with van der Waals surface area (Å²) >= 11 is 0. The minimum absolute atomic E-state index is 0. The zero-order valence-corrected chi connectivity index (χ0v) is 19.4. The van der Waals surface area contributed by atoms with Gasteiger partial charge in [0.1, 0.15) is 0 Å². The molecule has 0 aliphatic carbocycles. The zero-order valence-electron chi connectivity index (χ0n) is 17.4. The number of unbranched alkanes of at least 4 members (excludes halogenated alkanes) is 9. The van der Waals surface area contributed by atoms with Crippen molar-refractivity contribution in [3.63, 3.8) is 0 Å². The first-order valence-electron chi connectivity index (χ1n) is 9.94. The van der Waals surface area contributed by atoms with Gasteiger partial charge in [-0.15, -0.1) is 0 Å². The molecule has 0 aromatic carbocycles. The summed E-state index contributed by atoms with van der Waals surface area (Å²) < 4.78 is 0. The van der Waals surface area contributed by atoms with E-state index in [-0.39, 0.29) is 35.5 Å². The maximum absolute atomic E-state index is 12.5. The molecule has 1 unspecified atom stereocenters. The zero-order chi connectivity index (χ0) is 18.4. The maximum atomic E-state index is 12.5. The normalized spacial score (nSPS) is 13.0. The summed E-state index contributed by atoms with van der Waals surface area (Å²) in [5.74, 6) is -1.54. The fourth-order valence-electron chi connectivity index (χ4n) is 3.12. The van der Waals surface area contributed by atoms with Crippen LogP contribution in [0, 0.1) is 5.41 Å². The van der Waals surface area contributed by atoms with Crippen LogP contribution in [-0.4, -0.2) is 29.9 Å². The number of carboxylic acids is 1. The first-order valence-corrected chi connectivity index (χ1v) is 9.94. The Kier molecular flexibility index (Phi) is 17.5. The van der Waals surface area contributed by atoms with Crippen molar-refractivity contribution in [1.29, 1.82) is 0 Å². The van der Waals surface area contributed by atoms with E-state index in [4.69, 9.17) is 0 Å². The molecule has 4 nitrogen and oxygen atoms in total. The molecule has 0 saturated carbocycles. The summed E-state index contributed by atoms with van der Waals surface area (Å²) in [6, 6.07) is 0. The van der Waals surface area contributed by atoms with Crippen LogP contribution in [0.2, 0.25) is 0 Å². The molecule has 1 amide bonds. The van der Waals surface area contributed by atoms with Crippen molar-refractivity contribution in [2.45, 2.75) is 98.3 Å². The molecular weight excluding hydrogens is 325 g/mol. The Bertz CT molecular complexity index is 359. The largest absolute Gasteiger partial charge is 1.00 e. The summed E-state index contributed by atoms with van der Waals surface area (Å²) in [6.07, 6.45) is 12.3. The molecule has 5 heteroatoms. The van der Waals surface area contributed by atoms with Gasteiger partial charge in [0.15, 0.2) is 0 Å². The van der Waals surface area contributed by atoms with E-state index in [1.807, 2.05) is 13.8 Å². The summed E-state index contributed by atoms with van der Waals surface area (Å²) in [4.78, 5) is 25.6. The predicted octanol–water partition coefficient (Wildman–Crippen LogP) is 0.926. The molecule has 0 saturated heterocycles. The van der Waals surface area contributed by atoms with Crippen LogP contribution in [0.15, 0.2) is 0 Å². The van der Waals surface area contributed by atoms with Gasteiger partial charge in [0.25, 0.3) is 0 Å². The van der Waals surface area contributed by atoms with E-state index in [2.05, 4.69) is 6.92 Å². The number of amides is 1. The van der Waals surface area contributed by atoms with Crippen LogP contribution in [-0.2, 0) is 9.59 Å². The van der Waals surface area contributed by atoms with Gasteiger partial charge in [0.05, 0.1) is 11.4 Å². The van der Waals surface area contributed by atoms with E-state index in [1.165, 1.54) is 51.9 Å². The molecule has 0 aliphatic heterocycles. The fraction of sp³-hybridized carbons (Fsp3) is 0.900. The second-order valence-corrected chi connectivity index (χ2v) is 7.03. The van der Waals surface area contributed by atoms with E-state index >= 15 is 0 Å². The van der Waals surface area contributed by atoms with Gasteiger partial charge in [-0.3, -0.25) is 4.79 Å². The van der Waals surface area contributed by atoms with Gasteiger partial charge >= 0.3 is 29.6 Å². The quantitative estimate of drug-likeness (QED) is 0.247. The summed E-state index contributed by atoms with van der Waals surface area (Å²) in [7, 11) is 0. The maximum Gasteiger partial charge on any atom is 1.00 e. The smallest absolute Gasteiger partial charge is 0.549 e. The second-order valence-electron chi connectivity index (χ2n) is 7.03. The monoisotopic (exact) mass is 363 g/mol. The Balaban J connectivity index is 0. The van der Waals surface area contributed by atoms with Crippen LogP contribution in [0.3, 0.4) is 0 Å². The molecule has 1 atom stereocenters. The van der Waals surface area contributed by atoms with Crippen molar-refractivity contribution in [2.24, 2.45) is 5.41 Å². The van der Waals surface area contributed by atoms with Crippen molar-refractivity contribution < 1.29 is 44.3 Å². The number of carbonyl (C=O) groups excluding carboxylic acids is 2.